The lowest BCUT2D eigenvalue weighted by Gasteiger charge is -2.21. The van der Waals surface area contributed by atoms with E-state index in [-0.39, 0.29) is 17.7 Å². The summed E-state index contributed by atoms with van der Waals surface area (Å²) in [6.07, 6.45) is 11.6. The Morgan fingerprint density at radius 3 is 2.79 bits per heavy atom. The van der Waals surface area contributed by atoms with E-state index in [1.54, 1.807) is 17.5 Å². The summed E-state index contributed by atoms with van der Waals surface area (Å²) in [5.74, 6) is 0.321. The Balaban J connectivity index is 1.32. The first-order valence-electron chi connectivity index (χ1n) is 10.8. The molecule has 6 heteroatoms. The first-order chi connectivity index (χ1) is 14.2. The number of aromatic nitrogens is 1. The number of pyridine rings is 1. The molecular formula is C23H29N3O2S. The number of carbonyl (C=O) groups is 2. The number of rotatable bonds is 5. The van der Waals surface area contributed by atoms with E-state index in [1.165, 1.54) is 23.3 Å². The Bertz CT molecular complexity index is 841. The maximum absolute atomic E-state index is 12.9. The fourth-order valence-corrected chi connectivity index (χ4v) is 5.48. The molecule has 1 aliphatic heterocycles. The molecule has 2 aliphatic rings. The molecule has 5 nitrogen and oxygen atoms in total. The van der Waals surface area contributed by atoms with Crippen LogP contribution in [0, 0.1) is 5.92 Å². The van der Waals surface area contributed by atoms with E-state index in [2.05, 4.69) is 16.4 Å². The standard InChI is InChI=1S/C23H29N3O2S/c27-22(25-11-9-17-6-5-10-24-16-17)18-7-8-20-19(14-18)15-21(29-20)23(28)26-12-3-1-2-4-13-26/h5-6,10,15-16,18H,1-4,7-9,11-14H2,(H,25,27). The van der Waals surface area contributed by atoms with E-state index >= 15 is 0 Å². The van der Waals surface area contributed by atoms with Gasteiger partial charge in [0, 0.05) is 42.8 Å². The first kappa shape index (κ1) is 20.1. The molecule has 29 heavy (non-hydrogen) atoms. The molecular weight excluding hydrogens is 382 g/mol. The molecule has 1 aliphatic carbocycles. The molecule has 0 saturated carbocycles. The van der Waals surface area contributed by atoms with Gasteiger partial charge in [0.2, 0.25) is 5.91 Å². The zero-order valence-electron chi connectivity index (χ0n) is 16.9. The highest BCUT2D eigenvalue weighted by Crippen LogP contribution is 2.33. The van der Waals surface area contributed by atoms with Crippen LogP contribution in [0.4, 0.5) is 0 Å². The van der Waals surface area contributed by atoms with Crippen molar-refractivity contribution in [2.24, 2.45) is 5.92 Å². The quantitative estimate of drug-likeness (QED) is 0.817. The Labute approximate surface area is 176 Å². The van der Waals surface area contributed by atoms with Gasteiger partial charge in [-0.1, -0.05) is 18.9 Å². The van der Waals surface area contributed by atoms with Gasteiger partial charge in [-0.15, -0.1) is 11.3 Å². The van der Waals surface area contributed by atoms with Gasteiger partial charge < -0.3 is 10.2 Å². The van der Waals surface area contributed by atoms with Gasteiger partial charge in [-0.05, 0) is 61.8 Å². The predicted octanol–water partition coefficient (Wildman–Crippen LogP) is 3.62. The summed E-state index contributed by atoms with van der Waals surface area (Å²) >= 11 is 1.64. The van der Waals surface area contributed by atoms with E-state index in [0.29, 0.717) is 6.54 Å². The van der Waals surface area contributed by atoms with Gasteiger partial charge in [-0.25, -0.2) is 0 Å². The maximum atomic E-state index is 12.9. The Morgan fingerprint density at radius 2 is 2.03 bits per heavy atom. The van der Waals surface area contributed by atoms with Crippen LogP contribution < -0.4 is 5.32 Å². The van der Waals surface area contributed by atoms with E-state index in [0.717, 1.165) is 62.1 Å². The molecule has 0 aromatic carbocycles. The SMILES string of the molecule is O=C(NCCc1cccnc1)C1CCc2sc(C(=O)N3CCCCCC3)cc2C1. The largest absolute Gasteiger partial charge is 0.356 e. The summed E-state index contributed by atoms with van der Waals surface area (Å²) in [4.78, 5) is 33.8. The van der Waals surface area contributed by atoms with E-state index < -0.39 is 0 Å². The highest BCUT2D eigenvalue weighted by atomic mass is 32.1. The maximum Gasteiger partial charge on any atom is 0.263 e. The van der Waals surface area contributed by atoms with Crippen LogP contribution in [0.25, 0.3) is 0 Å². The van der Waals surface area contributed by atoms with Crippen LogP contribution in [0.5, 0.6) is 0 Å². The molecule has 1 atom stereocenters. The minimum atomic E-state index is 0.00661. The molecule has 2 aromatic heterocycles. The highest BCUT2D eigenvalue weighted by molar-refractivity contribution is 7.14. The van der Waals surface area contributed by atoms with E-state index in [1.807, 2.05) is 23.2 Å². The van der Waals surface area contributed by atoms with Gasteiger partial charge in [-0.3, -0.25) is 14.6 Å². The van der Waals surface area contributed by atoms with Crippen LogP contribution >= 0.6 is 11.3 Å². The van der Waals surface area contributed by atoms with Crippen LogP contribution in [-0.2, 0) is 24.1 Å². The lowest BCUT2D eigenvalue weighted by molar-refractivity contribution is -0.125. The molecule has 2 aromatic rings. The molecule has 0 radical (unpaired) electrons. The van der Waals surface area contributed by atoms with Crippen molar-refractivity contribution in [2.45, 2.75) is 51.4 Å². The van der Waals surface area contributed by atoms with Crippen molar-refractivity contribution in [3.63, 3.8) is 0 Å². The fourth-order valence-electron chi connectivity index (χ4n) is 4.30. The third-order valence-corrected chi connectivity index (χ3v) is 7.22. The van der Waals surface area contributed by atoms with Crippen LogP contribution in [0.2, 0.25) is 0 Å². The summed E-state index contributed by atoms with van der Waals surface area (Å²) in [7, 11) is 0. The van der Waals surface area contributed by atoms with Crippen LogP contribution in [0.1, 0.15) is 57.8 Å². The lowest BCUT2D eigenvalue weighted by Crippen LogP contribution is -2.35. The van der Waals surface area contributed by atoms with Crippen molar-refractivity contribution in [2.75, 3.05) is 19.6 Å². The number of likely N-dealkylation sites (tertiary alicyclic amines) is 1. The number of carbonyl (C=O) groups excluding carboxylic acids is 2. The van der Waals surface area contributed by atoms with Crippen molar-refractivity contribution in [3.05, 3.63) is 51.5 Å². The van der Waals surface area contributed by atoms with Gasteiger partial charge in [0.1, 0.15) is 0 Å². The van der Waals surface area contributed by atoms with Gasteiger partial charge in [-0.2, -0.15) is 0 Å². The lowest BCUT2D eigenvalue weighted by atomic mass is 9.87. The van der Waals surface area contributed by atoms with Crippen molar-refractivity contribution in [1.82, 2.24) is 15.2 Å². The number of amides is 2. The third-order valence-electron chi connectivity index (χ3n) is 5.99. The second kappa shape index (κ2) is 9.53. The average molecular weight is 412 g/mol. The third kappa shape index (κ3) is 5.04. The van der Waals surface area contributed by atoms with Crippen LogP contribution in [-0.4, -0.2) is 41.3 Å². The van der Waals surface area contributed by atoms with Gasteiger partial charge in [0.25, 0.3) is 5.91 Å². The molecule has 1 saturated heterocycles. The number of hydrogen-bond acceptors (Lipinski definition) is 4. The molecule has 0 spiro atoms. The number of thiophene rings is 1. The van der Waals surface area contributed by atoms with Gasteiger partial charge in [0.15, 0.2) is 0 Å². The monoisotopic (exact) mass is 411 g/mol. The van der Waals surface area contributed by atoms with Crippen LogP contribution in [0.3, 0.4) is 0 Å². The number of fused-ring (bicyclic) bond motifs is 1. The Kier molecular flexibility index (Phi) is 6.60. The number of hydrogen-bond donors (Lipinski definition) is 1. The van der Waals surface area contributed by atoms with Crippen molar-refractivity contribution < 1.29 is 9.59 Å². The molecule has 3 heterocycles. The molecule has 1 N–H and O–H groups in total. The van der Waals surface area contributed by atoms with Crippen molar-refractivity contribution in [1.29, 1.82) is 0 Å². The first-order valence-corrected chi connectivity index (χ1v) is 11.6. The topological polar surface area (TPSA) is 62.3 Å². The fraction of sp³-hybridized carbons (Fsp3) is 0.522. The smallest absolute Gasteiger partial charge is 0.263 e. The van der Waals surface area contributed by atoms with Gasteiger partial charge in [0.05, 0.1) is 4.88 Å². The second-order valence-corrected chi connectivity index (χ2v) is 9.24. The second-order valence-electron chi connectivity index (χ2n) is 8.11. The minimum Gasteiger partial charge on any atom is -0.356 e. The van der Waals surface area contributed by atoms with E-state index in [9.17, 15) is 9.59 Å². The number of aryl methyl sites for hydroxylation is 1. The summed E-state index contributed by atoms with van der Waals surface area (Å²) < 4.78 is 0. The molecule has 1 unspecified atom stereocenters. The van der Waals surface area contributed by atoms with Crippen molar-refractivity contribution >= 4 is 23.2 Å². The van der Waals surface area contributed by atoms with E-state index in [4.69, 9.17) is 0 Å². The average Bonchev–Trinajstić information content (AvgIpc) is 2.99. The number of nitrogens with zero attached hydrogens (tertiary/aromatic N) is 2. The molecule has 4 rings (SSSR count). The van der Waals surface area contributed by atoms with Gasteiger partial charge >= 0.3 is 0 Å². The normalized spacial score (nSPS) is 19.3. The minimum absolute atomic E-state index is 0.00661. The Morgan fingerprint density at radius 1 is 1.21 bits per heavy atom. The predicted molar refractivity (Wildman–Crippen MR) is 115 cm³/mol. The van der Waals surface area contributed by atoms with Crippen LogP contribution in [0.15, 0.2) is 30.6 Å². The molecule has 154 valence electrons. The number of nitrogens with one attached hydrogen (secondary N) is 1. The highest BCUT2D eigenvalue weighted by Gasteiger charge is 2.28. The zero-order valence-corrected chi connectivity index (χ0v) is 17.7. The summed E-state index contributed by atoms with van der Waals surface area (Å²) in [5.41, 5.74) is 2.33. The molecule has 2 amide bonds. The Hall–Kier alpha value is -2.21. The summed E-state index contributed by atoms with van der Waals surface area (Å²) in [6, 6.07) is 6.00. The summed E-state index contributed by atoms with van der Waals surface area (Å²) in [6.45, 7) is 2.39. The molecule has 1 fully saturated rings. The van der Waals surface area contributed by atoms with Crippen molar-refractivity contribution in [3.8, 4) is 0 Å². The molecule has 0 bridgehead atoms. The summed E-state index contributed by atoms with van der Waals surface area (Å²) in [5, 5.41) is 3.08. The zero-order chi connectivity index (χ0) is 20.1.